The number of carbonyl (C=O) groups excluding carboxylic acids is 1. The molecule has 0 radical (unpaired) electrons. The van der Waals surface area contributed by atoms with Gasteiger partial charge in [-0.2, -0.15) is 5.10 Å². The van der Waals surface area contributed by atoms with E-state index < -0.39 is 0 Å². The molecule has 1 heterocycles. The van der Waals surface area contributed by atoms with Crippen LogP contribution < -0.4 is 5.73 Å². The predicted molar refractivity (Wildman–Crippen MR) is 52.9 cm³/mol. The number of aromatic nitrogens is 2. The molecular formula is C10H15N3O. The van der Waals surface area contributed by atoms with Gasteiger partial charge in [0, 0.05) is 13.2 Å². The van der Waals surface area contributed by atoms with Gasteiger partial charge in [-0.1, -0.05) is 6.42 Å². The van der Waals surface area contributed by atoms with Gasteiger partial charge >= 0.3 is 0 Å². The predicted octanol–water partition coefficient (Wildman–Crippen LogP) is 0.730. The topological polar surface area (TPSA) is 60.9 Å². The number of ketones is 1. The fourth-order valence-corrected chi connectivity index (χ4v) is 1.80. The molecule has 1 saturated carbocycles. The zero-order valence-electron chi connectivity index (χ0n) is 8.31. The lowest BCUT2D eigenvalue weighted by molar-refractivity contribution is 0.0887. The molecule has 1 unspecified atom stereocenters. The minimum absolute atomic E-state index is 0.0229. The van der Waals surface area contributed by atoms with Crippen molar-refractivity contribution < 1.29 is 4.79 Å². The molecule has 76 valence electrons. The molecular weight excluding hydrogens is 178 g/mol. The third-order valence-electron chi connectivity index (χ3n) is 3.03. The molecule has 0 aromatic carbocycles. The van der Waals surface area contributed by atoms with Gasteiger partial charge in [0.25, 0.3) is 0 Å². The molecule has 1 aromatic heterocycles. The Morgan fingerprint density at radius 2 is 2.43 bits per heavy atom. The lowest BCUT2D eigenvalue weighted by Crippen LogP contribution is -2.42. The van der Waals surface area contributed by atoms with Crippen molar-refractivity contribution in [2.75, 3.05) is 0 Å². The van der Waals surface area contributed by atoms with E-state index >= 15 is 0 Å². The van der Waals surface area contributed by atoms with E-state index in [0.29, 0.717) is 11.6 Å². The van der Waals surface area contributed by atoms with Crippen LogP contribution in [0.15, 0.2) is 12.3 Å². The average molecular weight is 193 g/mol. The van der Waals surface area contributed by atoms with Gasteiger partial charge in [-0.15, -0.1) is 0 Å². The first-order chi connectivity index (χ1) is 6.70. The molecule has 0 amide bonds. The monoisotopic (exact) mass is 193 g/mol. The van der Waals surface area contributed by atoms with Crippen molar-refractivity contribution in [1.29, 1.82) is 0 Å². The molecule has 4 heteroatoms. The van der Waals surface area contributed by atoms with Gasteiger partial charge in [0.1, 0.15) is 5.69 Å². The van der Waals surface area contributed by atoms with Crippen LogP contribution in [0.1, 0.15) is 29.8 Å². The van der Waals surface area contributed by atoms with Gasteiger partial charge in [-0.05, 0) is 24.8 Å². The number of nitrogens with zero attached hydrogens (tertiary/aromatic N) is 2. The summed E-state index contributed by atoms with van der Waals surface area (Å²) in [6, 6.07) is 1.39. The molecule has 2 rings (SSSR count). The Bertz CT molecular complexity index is 341. The van der Waals surface area contributed by atoms with E-state index in [1.165, 1.54) is 6.42 Å². The summed E-state index contributed by atoms with van der Waals surface area (Å²) in [5, 5.41) is 3.96. The van der Waals surface area contributed by atoms with E-state index in [1.54, 1.807) is 24.0 Å². The Morgan fingerprint density at radius 3 is 2.86 bits per heavy atom. The van der Waals surface area contributed by atoms with Crippen LogP contribution in [0.2, 0.25) is 0 Å². The summed E-state index contributed by atoms with van der Waals surface area (Å²) in [5.41, 5.74) is 6.51. The largest absolute Gasteiger partial charge is 0.321 e. The van der Waals surface area contributed by atoms with Crippen LogP contribution in [-0.4, -0.2) is 21.6 Å². The Kier molecular flexibility index (Phi) is 2.37. The minimum Gasteiger partial charge on any atom is -0.321 e. The fourth-order valence-electron chi connectivity index (χ4n) is 1.80. The Balaban J connectivity index is 2.11. The first-order valence-corrected chi connectivity index (χ1v) is 4.98. The molecule has 14 heavy (non-hydrogen) atoms. The molecule has 1 atom stereocenters. The number of aryl methyl sites for hydroxylation is 1. The summed E-state index contributed by atoms with van der Waals surface area (Å²) in [4.78, 5) is 11.9. The molecule has 4 nitrogen and oxygen atoms in total. The van der Waals surface area contributed by atoms with Crippen molar-refractivity contribution >= 4 is 5.78 Å². The highest BCUT2D eigenvalue weighted by Crippen LogP contribution is 2.29. The zero-order valence-corrected chi connectivity index (χ0v) is 8.31. The first kappa shape index (κ1) is 9.40. The second-order valence-electron chi connectivity index (χ2n) is 3.92. The summed E-state index contributed by atoms with van der Waals surface area (Å²) in [7, 11) is 1.76. The fraction of sp³-hybridized carbons (Fsp3) is 0.600. The number of nitrogens with two attached hydrogens (primary N) is 1. The van der Waals surface area contributed by atoms with Gasteiger partial charge < -0.3 is 5.73 Å². The van der Waals surface area contributed by atoms with Crippen molar-refractivity contribution in [3.05, 3.63) is 18.0 Å². The Labute approximate surface area is 83.1 Å². The number of hydrogen-bond donors (Lipinski definition) is 1. The van der Waals surface area contributed by atoms with Gasteiger partial charge in [0.2, 0.25) is 0 Å². The van der Waals surface area contributed by atoms with E-state index in [4.69, 9.17) is 5.73 Å². The highest BCUT2D eigenvalue weighted by Gasteiger charge is 2.30. The van der Waals surface area contributed by atoms with Gasteiger partial charge in [-0.25, -0.2) is 0 Å². The smallest absolute Gasteiger partial charge is 0.197 e. The SMILES string of the molecule is Cn1nccc1C(=O)C(N)C1CCC1. The van der Waals surface area contributed by atoms with Crippen LogP contribution in [0.25, 0.3) is 0 Å². The standard InChI is InChI=1S/C10H15N3O/c1-13-8(5-6-12-13)10(14)9(11)7-3-2-4-7/h5-7,9H,2-4,11H2,1H3. The van der Waals surface area contributed by atoms with Gasteiger partial charge in [0.05, 0.1) is 6.04 Å². The second-order valence-corrected chi connectivity index (χ2v) is 3.92. The van der Waals surface area contributed by atoms with Crippen molar-refractivity contribution in [3.8, 4) is 0 Å². The lowest BCUT2D eigenvalue weighted by Gasteiger charge is -2.30. The highest BCUT2D eigenvalue weighted by molar-refractivity contribution is 5.98. The molecule has 2 N–H and O–H groups in total. The van der Waals surface area contributed by atoms with Crippen molar-refractivity contribution in [2.45, 2.75) is 25.3 Å². The molecule has 0 bridgehead atoms. The van der Waals surface area contributed by atoms with Crippen molar-refractivity contribution in [2.24, 2.45) is 18.7 Å². The maximum absolute atomic E-state index is 11.9. The second kappa shape index (κ2) is 3.53. The summed E-state index contributed by atoms with van der Waals surface area (Å²) in [6.45, 7) is 0. The average Bonchev–Trinajstić information content (AvgIpc) is 2.47. The summed E-state index contributed by atoms with van der Waals surface area (Å²) in [5.74, 6) is 0.409. The highest BCUT2D eigenvalue weighted by atomic mass is 16.1. The summed E-state index contributed by atoms with van der Waals surface area (Å²) >= 11 is 0. The van der Waals surface area contributed by atoms with E-state index in [0.717, 1.165) is 12.8 Å². The van der Waals surface area contributed by atoms with Crippen LogP contribution in [0, 0.1) is 5.92 Å². The molecule has 1 fully saturated rings. The summed E-state index contributed by atoms with van der Waals surface area (Å²) < 4.78 is 1.58. The molecule has 0 aliphatic heterocycles. The Morgan fingerprint density at radius 1 is 1.71 bits per heavy atom. The van der Waals surface area contributed by atoms with Crippen LogP contribution in [0.4, 0.5) is 0 Å². The third-order valence-corrected chi connectivity index (χ3v) is 3.03. The maximum Gasteiger partial charge on any atom is 0.197 e. The van der Waals surface area contributed by atoms with Crippen molar-refractivity contribution in [1.82, 2.24) is 9.78 Å². The van der Waals surface area contributed by atoms with Crippen LogP contribution in [0.5, 0.6) is 0 Å². The molecule has 0 saturated heterocycles. The molecule has 1 aromatic rings. The quantitative estimate of drug-likeness (QED) is 0.720. The van der Waals surface area contributed by atoms with Gasteiger partial charge in [-0.3, -0.25) is 9.48 Å². The lowest BCUT2D eigenvalue weighted by atomic mass is 9.78. The number of carbonyl (C=O) groups is 1. The zero-order chi connectivity index (χ0) is 10.1. The van der Waals surface area contributed by atoms with Crippen LogP contribution >= 0.6 is 0 Å². The first-order valence-electron chi connectivity index (χ1n) is 4.98. The van der Waals surface area contributed by atoms with E-state index in [1.807, 2.05) is 0 Å². The maximum atomic E-state index is 11.9. The molecule has 1 aliphatic rings. The molecule has 0 spiro atoms. The number of Topliss-reactive ketones (excluding diaryl/α,β-unsaturated/α-hetero) is 1. The Hall–Kier alpha value is -1.16. The third kappa shape index (κ3) is 1.46. The van der Waals surface area contributed by atoms with Crippen molar-refractivity contribution in [3.63, 3.8) is 0 Å². The van der Waals surface area contributed by atoms with Crippen LogP contribution in [-0.2, 0) is 7.05 Å². The number of rotatable bonds is 3. The van der Waals surface area contributed by atoms with E-state index in [2.05, 4.69) is 5.10 Å². The normalized spacial score (nSPS) is 19.0. The van der Waals surface area contributed by atoms with E-state index in [-0.39, 0.29) is 11.8 Å². The van der Waals surface area contributed by atoms with E-state index in [9.17, 15) is 4.79 Å². The minimum atomic E-state index is -0.334. The number of hydrogen-bond acceptors (Lipinski definition) is 3. The van der Waals surface area contributed by atoms with Crippen LogP contribution in [0.3, 0.4) is 0 Å². The molecule has 1 aliphatic carbocycles. The summed E-state index contributed by atoms with van der Waals surface area (Å²) in [6.07, 6.45) is 5.01. The van der Waals surface area contributed by atoms with Gasteiger partial charge in [0.15, 0.2) is 5.78 Å².